The highest BCUT2D eigenvalue weighted by Gasteiger charge is 2.31. The van der Waals surface area contributed by atoms with E-state index in [2.05, 4.69) is 0 Å². The van der Waals surface area contributed by atoms with Gasteiger partial charge in [-0.2, -0.15) is 0 Å². The fraction of sp³-hybridized carbons (Fsp3) is 0.250. The van der Waals surface area contributed by atoms with Crippen LogP contribution >= 0.6 is 0 Å². The van der Waals surface area contributed by atoms with Crippen LogP contribution in [0.4, 0.5) is 0 Å². The highest BCUT2D eigenvalue weighted by atomic mass is 16.1. The third-order valence-corrected chi connectivity index (χ3v) is 1.90. The van der Waals surface area contributed by atoms with E-state index in [4.69, 9.17) is 5.73 Å². The molecule has 2 aliphatic rings. The fourth-order valence-electron chi connectivity index (χ4n) is 1.17. The highest BCUT2D eigenvalue weighted by Crippen LogP contribution is 2.20. The molecule has 0 saturated carbocycles. The zero-order valence-electron chi connectivity index (χ0n) is 6.41. The van der Waals surface area contributed by atoms with Crippen LogP contribution in [0.15, 0.2) is 23.5 Å². The Kier molecular flexibility index (Phi) is 1.30. The van der Waals surface area contributed by atoms with Crippen LogP contribution in [0, 0.1) is 0 Å². The molecule has 1 saturated heterocycles. The summed E-state index contributed by atoms with van der Waals surface area (Å²) in [6.45, 7) is 1.64. The quantitative estimate of drug-likeness (QED) is 0.406. The predicted molar refractivity (Wildman–Crippen MR) is 41.9 cm³/mol. The van der Waals surface area contributed by atoms with Gasteiger partial charge >= 0.3 is 0 Å². The Morgan fingerprint density at radius 3 is 2.33 bits per heavy atom. The summed E-state index contributed by atoms with van der Waals surface area (Å²) in [5.74, 6) is -0.430. The normalized spacial score (nSPS) is 22.2. The Labute approximate surface area is 69.3 Å². The zero-order chi connectivity index (χ0) is 8.72. The van der Waals surface area contributed by atoms with Crippen LogP contribution in [-0.2, 0) is 9.59 Å². The lowest BCUT2D eigenvalue weighted by Crippen LogP contribution is -2.24. The standard InChI is InChI=1S/C8H8N2O2/c9-7-5(11)1-2-6(12)8(7)10-3-4-10/h1-2H,3-4,9H2. The number of hydrogen-bond donors (Lipinski definition) is 1. The van der Waals surface area contributed by atoms with Gasteiger partial charge in [-0.25, -0.2) is 0 Å². The van der Waals surface area contributed by atoms with Crippen LogP contribution in [0.25, 0.3) is 0 Å². The molecule has 0 radical (unpaired) electrons. The molecule has 1 aliphatic heterocycles. The first kappa shape index (κ1) is 7.09. The van der Waals surface area contributed by atoms with E-state index in [1.165, 1.54) is 12.2 Å². The molecule has 1 fully saturated rings. The van der Waals surface area contributed by atoms with Crippen molar-refractivity contribution in [3.05, 3.63) is 23.5 Å². The van der Waals surface area contributed by atoms with Gasteiger partial charge in [0.1, 0.15) is 11.4 Å². The molecule has 62 valence electrons. The second kappa shape index (κ2) is 2.20. The van der Waals surface area contributed by atoms with Crippen molar-refractivity contribution in [3.63, 3.8) is 0 Å². The average Bonchev–Trinajstić information content (AvgIpc) is 2.81. The molecule has 0 spiro atoms. The molecule has 0 aromatic carbocycles. The maximum absolute atomic E-state index is 11.2. The van der Waals surface area contributed by atoms with Crippen LogP contribution in [-0.4, -0.2) is 29.6 Å². The van der Waals surface area contributed by atoms with Crippen molar-refractivity contribution in [3.8, 4) is 0 Å². The Morgan fingerprint density at radius 2 is 1.75 bits per heavy atom. The van der Waals surface area contributed by atoms with Gasteiger partial charge in [0.2, 0.25) is 11.6 Å². The minimum absolute atomic E-state index is 0.0833. The maximum Gasteiger partial charge on any atom is 0.204 e. The first-order chi connectivity index (χ1) is 5.70. The number of nitrogens with two attached hydrogens (primary N) is 1. The largest absolute Gasteiger partial charge is 0.394 e. The summed E-state index contributed by atoms with van der Waals surface area (Å²) >= 11 is 0. The van der Waals surface area contributed by atoms with Crippen molar-refractivity contribution in [2.75, 3.05) is 13.1 Å². The zero-order valence-corrected chi connectivity index (χ0v) is 6.41. The molecule has 0 aromatic heterocycles. The van der Waals surface area contributed by atoms with Gasteiger partial charge in [0.25, 0.3) is 0 Å². The molecule has 1 heterocycles. The van der Waals surface area contributed by atoms with Crippen molar-refractivity contribution in [1.29, 1.82) is 0 Å². The summed E-state index contributed by atoms with van der Waals surface area (Å²) in [5.41, 5.74) is 5.93. The smallest absolute Gasteiger partial charge is 0.204 e. The highest BCUT2D eigenvalue weighted by molar-refractivity contribution is 6.19. The number of hydrogen-bond acceptors (Lipinski definition) is 4. The summed E-state index contributed by atoms with van der Waals surface area (Å²) in [6, 6.07) is 0. The Bertz CT molecular complexity index is 324. The number of allylic oxidation sites excluding steroid dienone is 2. The van der Waals surface area contributed by atoms with Gasteiger partial charge in [-0.3, -0.25) is 9.59 Å². The third kappa shape index (κ3) is 0.922. The molecule has 4 nitrogen and oxygen atoms in total. The summed E-state index contributed by atoms with van der Waals surface area (Å²) in [6.07, 6.45) is 2.48. The molecule has 0 aromatic rings. The molecule has 4 heteroatoms. The summed E-state index contributed by atoms with van der Waals surface area (Å²) < 4.78 is 0. The number of carbonyl (C=O) groups excluding carboxylic acids is 2. The molecule has 2 rings (SSSR count). The van der Waals surface area contributed by atoms with Gasteiger partial charge in [0.05, 0.1) is 0 Å². The molecular formula is C8H8N2O2. The van der Waals surface area contributed by atoms with E-state index in [1.54, 1.807) is 4.90 Å². The lowest BCUT2D eigenvalue weighted by atomic mass is 10.1. The van der Waals surface area contributed by atoms with Crippen molar-refractivity contribution < 1.29 is 9.59 Å². The average molecular weight is 164 g/mol. The molecular weight excluding hydrogens is 156 g/mol. The van der Waals surface area contributed by atoms with Crippen LogP contribution < -0.4 is 5.73 Å². The topological polar surface area (TPSA) is 63.2 Å². The molecule has 1 aliphatic carbocycles. The second-order valence-corrected chi connectivity index (χ2v) is 2.81. The minimum Gasteiger partial charge on any atom is -0.394 e. The molecule has 0 unspecified atom stereocenters. The number of nitrogens with zero attached hydrogens (tertiary/aromatic N) is 1. The summed E-state index contributed by atoms with van der Waals surface area (Å²) in [4.78, 5) is 24.0. The van der Waals surface area contributed by atoms with E-state index >= 15 is 0 Å². The van der Waals surface area contributed by atoms with Crippen LogP contribution in [0.1, 0.15) is 0 Å². The second-order valence-electron chi connectivity index (χ2n) is 2.81. The number of carbonyl (C=O) groups is 2. The molecule has 12 heavy (non-hydrogen) atoms. The molecule has 0 amide bonds. The third-order valence-electron chi connectivity index (χ3n) is 1.90. The molecule has 2 N–H and O–H groups in total. The van der Waals surface area contributed by atoms with Gasteiger partial charge in [-0.1, -0.05) is 0 Å². The van der Waals surface area contributed by atoms with E-state index in [0.29, 0.717) is 5.70 Å². The van der Waals surface area contributed by atoms with Crippen molar-refractivity contribution in [2.24, 2.45) is 5.73 Å². The van der Waals surface area contributed by atoms with Gasteiger partial charge in [-0.15, -0.1) is 0 Å². The SMILES string of the molecule is NC1=C(N2CC2)C(=O)C=CC1=O. The van der Waals surface area contributed by atoms with Crippen molar-refractivity contribution in [2.45, 2.75) is 0 Å². The minimum atomic E-state index is -0.267. The van der Waals surface area contributed by atoms with Gasteiger partial charge in [0.15, 0.2) is 0 Å². The Hall–Kier alpha value is -1.58. The Balaban J connectivity index is 2.41. The van der Waals surface area contributed by atoms with Crippen molar-refractivity contribution >= 4 is 11.6 Å². The maximum atomic E-state index is 11.2. The fourth-order valence-corrected chi connectivity index (χ4v) is 1.17. The van der Waals surface area contributed by atoms with Crippen LogP contribution in [0.2, 0.25) is 0 Å². The van der Waals surface area contributed by atoms with Crippen LogP contribution in [0.5, 0.6) is 0 Å². The first-order valence-corrected chi connectivity index (χ1v) is 3.71. The van der Waals surface area contributed by atoms with E-state index in [9.17, 15) is 9.59 Å². The van der Waals surface area contributed by atoms with Gasteiger partial charge in [-0.05, 0) is 12.2 Å². The number of rotatable bonds is 1. The lowest BCUT2D eigenvalue weighted by molar-refractivity contribution is -0.115. The van der Waals surface area contributed by atoms with E-state index < -0.39 is 0 Å². The Morgan fingerprint density at radius 1 is 1.17 bits per heavy atom. The first-order valence-electron chi connectivity index (χ1n) is 3.71. The van der Waals surface area contributed by atoms with Crippen LogP contribution in [0.3, 0.4) is 0 Å². The molecule has 0 bridgehead atoms. The van der Waals surface area contributed by atoms with Gasteiger partial charge < -0.3 is 10.6 Å². The lowest BCUT2D eigenvalue weighted by Gasteiger charge is -2.11. The summed E-state index contributed by atoms with van der Waals surface area (Å²) in [7, 11) is 0. The van der Waals surface area contributed by atoms with Gasteiger partial charge in [0, 0.05) is 13.1 Å². The van der Waals surface area contributed by atoms with E-state index in [1.807, 2.05) is 0 Å². The van der Waals surface area contributed by atoms with E-state index in [-0.39, 0.29) is 17.3 Å². The summed E-state index contributed by atoms with van der Waals surface area (Å²) in [5, 5.41) is 0. The predicted octanol–water partition coefficient (Wildman–Crippen LogP) is -0.820. The monoisotopic (exact) mass is 164 g/mol. The molecule has 0 atom stereocenters. The van der Waals surface area contributed by atoms with Crippen molar-refractivity contribution in [1.82, 2.24) is 4.90 Å². The van der Waals surface area contributed by atoms with E-state index in [0.717, 1.165) is 13.1 Å². The number of ketones is 2.